The molecule has 4 heterocycles. The highest BCUT2D eigenvalue weighted by atomic mass is 32.1. The normalized spacial score (nSPS) is 23.9. The Morgan fingerprint density at radius 3 is 2.56 bits per heavy atom. The highest BCUT2D eigenvalue weighted by Gasteiger charge is 2.31. The summed E-state index contributed by atoms with van der Waals surface area (Å²) in [5.74, 6) is 1.91. The van der Waals surface area contributed by atoms with E-state index in [4.69, 9.17) is 9.97 Å². The van der Waals surface area contributed by atoms with Crippen molar-refractivity contribution in [2.75, 3.05) is 39.3 Å². The van der Waals surface area contributed by atoms with Gasteiger partial charge in [0.2, 0.25) is 5.91 Å². The van der Waals surface area contributed by atoms with Crippen LogP contribution in [0, 0.1) is 0 Å². The molecule has 0 atom stereocenters. The second kappa shape index (κ2) is 8.99. The molecule has 0 unspecified atom stereocenters. The molecule has 32 heavy (non-hydrogen) atoms. The molecule has 1 saturated heterocycles. The van der Waals surface area contributed by atoms with Crippen molar-refractivity contribution < 1.29 is 4.79 Å². The Morgan fingerprint density at radius 2 is 1.81 bits per heavy atom. The monoisotopic (exact) mass is 453 g/mol. The van der Waals surface area contributed by atoms with Gasteiger partial charge in [0.05, 0.1) is 6.54 Å². The fourth-order valence-electron chi connectivity index (χ4n) is 6.02. The Bertz CT molecular complexity index is 972. The predicted octanol–water partition coefficient (Wildman–Crippen LogP) is 3.79. The van der Waals surface area contributed by atoms with Crippen LogP contribution in [0.3, 0.4) is 0 Å². The van der Waals surface area contributed by atoms with Gasteiger partial charge >= 0.3 is 0 Å². The molecule has 2 aromatic rings. The van der Waals surface area contributed by atoms with Gasteiger partial charge in [0, 0.05) is 67.7 Å². The Hall–Kier alpha value is -1.57. The first-order chi connectivity index (χ1) is 15.7. The number of piperazine rings is 1. The van der Waals surface area contributed by atoms with Crippen LogP contribution in [0.4, 0.5) is 0 Å². The second-order valence-corrected chi connectivity index (χ2v) is 11.3. The molecule has 2 aliphatic heterocycles. The molecule has 0 N–H and O–H groups in total. The number of carbonyl (C=O) groups is 1. The van der Waals surface area contributed by atoms with Gasteiger partial charge in [-0.2, -0.15) is 0 Å². The molecule has 0 radical (unpaired) electrons. The van der Waals surface area contributed by atoms with Gasteiger partial charge in [0.15, 0.2) is 0 Å². The molecule has 172 valence electrons. The first-order valence-corrected chi connectivity index (χ1v) is 13.6. The van der Waals surface area contributed by atoms with E-state index < -0.39 is 0 Å². The molecule has 2 saturated carbocycles. The average Bonchev–Trinajstić information content (AvgIpc) is 3.16. The zero-order valence-electron chi connectivity index (χ0n) is 19.1. The lowest BCUT2D eigenvalue weighted by Gasteiger charge is -2.43. The SMILES string of the molecule is O=C(CN1CCc2c(sc3nc(C4CCCCC4)ncc23)C1)N1CCN(C2CCC2)CC1. The van der Waals surface area contributed by atoms with Gasteiger partial charge in [-0.3, -0.25) is 14.6 Å². The largest absolute Gasteiger partial charge is 0.339 e. The van der Waals surface area contributed by atoms with Crippen LogP contribution < -0.4 is 0 Å². The number of carbonyl (C=O) groups excluding carboxylic acids is 1. The van der Waals surface area contributed by atoms with E-state index in [1.165, 1.54) is 67.2 Å². The van der Waals surface area contributed by atoms with Gasteiger partial charge in [-0.1, -0.05) is 25.7 Å². The molecule has 2 aliphatic carbocycles. The third kappa shape index (κ3) is 4.08. The van der Waals surface area contributed by atoms with Crippen molar-refractivity contribution in [2.24, 2.45) is 0 Å². The van der Waals surface area contributed by atoms with Crippen molar-refractivity contribution in [1.82, 2.24) is 24.7 Å². The average molecular weight is 454 g/mol. The maximum atomic E-state index is 13.0. The van der Waals surface area contributed by atoms with Crippen molar-refractivity contribution in [1.29, 1.82) is 0 Å². The summed E-state index contributed by atoms with van der Waals surface area (Å²) >= 11 is 1.83. The highest BCUT2D eigenvalue weighted by molar-refractivity contribution is 7.18. The summed E-state index contributed by atoms with van der Waals surface area (Å²) in [6, 6.07) is 0.794. The summed E-state index contributed by atoms with van der Waals surface area (Å²) < 4.78 is 0. The number of aromatic nitrogens is 2. The fraction of sp³-hybridized carbons (Fsp3) is 0.720. The summed E-state index contributed by atoms with van der Waals surface area (Å²) in [7, 11) is 0. The molecule has 7 heteroatoms. The van der Waals surface area contributed by atoms with Gasteiger partial charge in [-0.15, -0.1) is 11.3 Å². The van der Waals surface area contributed by atoms with Crippen LogP contribution in [0.1, 0.15) is 73.5 Å². The van der Waals surface area contributed by atoms with E-state index in [0.717, 1.165) is 62.4 Å². The van der Waals surface area contributed by atoms with Crippen molar-refractivity contribution in [2.45, 2.75) is 76.3 Å². The van der Waals surface area contributed by atoms with Crippen LogP contribution in [0.2, 0.25) is 0 Å². The summed E-state index contributed by atoms with van der Waals surface area (Å²) in [5.41, 5.74) is 1.43. The minimum absolute atomic E-state index is 0.308. The summed E-state index contributed by atoms with van der Waals surface area (Å²) in [6.45, 7) is 6.29. The van der Waals surface area contributed by atoms with E-state index >= 15 is 0 Å². The van der Waals surface area contributed by atoms with E-state index in [9.17, 15) is 4.79 Å². The first kappa shape index (κ1) is 21.0. The van der Waals surface area contributed by atoms with Crippen LogP contribution in [0.15, 0.2) is 6.20 Å². The van der Waals surface area contributed by atoms with Gasteiger partial charge in [0.1, 0.15) is 10.7 Å². The van der Waals surface area contributed by atoms with E-state index in [1.54, 1.807) is 0 Å². The lowest BCUT2D eigenvalue weighted by atomic mass is 9.89. The van der Waals surface area contributed by atoms with Gasteiger partial charge < -0.3 is 4.90 Å². The Balaban J connectivity index is 1.09. The zero-order valence-corrected chi connectivity index (χ0v) is 19.9. The van der Waals surface area contributed by atoms with E-state index in [-0.39, 0.29) is 0 Å². The maximum Gasteiger partial charge on any atom is 0.236 e. The second-order valence-electron chi connectivity index (χ2n) is 10.2. The molecule has 6 nitrogen and oxygen atoms in total. The number of hydrogen-bond acceptors (Lipinski definition) is 6. The molecular weight excluding hydrogens is 418 g/mol. The van der Waals surface area contributed by atoms with Crippen LogP contribution in [0.25, 0.3) is 10.2 Å². The number of fused-ring (bicyclic) bond motifs is 3. The van der Waals surface area contributed by atoms with Crippen molar-refractivity contribution >= 4 is 27.5 Å². The predicted molar refractivity (Wildman–Crippen MR) is 128 cm³/mol. The Morgan fingerprint density at radius 1 is 1.00 bits per heavy atom. The molecule has 3 fully saturated rings. The number of thiophene rings is 1. The Labute approximate surface area is 195 Å². The minimum Gasteiger partial charge on any atom is -0.339 e. The molecule has 1 amide bonds. The topological polar surface area (TPSA) is 52.6 Å². The third-order valence-corrected chi connectivity index (χ3v) is 9.41. The summed E-state index contributed by atoms with van der Waals surface area (Å²) in [5, 5.41) is 1.25. The van der Waals surface area contributed by atoms with Crippen molar-refractivity contribution in [3.8, 4) is 0 Å². The molecule has 0 bridgehead atoms. The molecule has 4 aliphatic rings. The smallest absolute Gasteiger partial charge is 0.236 e. The number of rotatable bonds is 4. The van der Waals surface area contributed by atoms with Gasteiger partial charge in [-0.05, 0) is 37.7 Å². The van der Waals surface area contributed by atoms with Crippen LogP contribution >= 0.6 is 11.3 Å². The zero-order chi connectivity index (χ0) is 21.5. The maximum absolute atomic E-state index is 13.0. The van der Waals surface area contributed by atoms with E-state index in [0.29, 0.717) is 18.4 Å². The lowest BCUT2D eigenvalue weighted by Crippen LogP contribution is -2.55. The number of nitrogens with zero attached hydrogens (tertiary/aromatic N) is 5. The lowest BCUT2D eigenvalue weighted by molar-refractivity contribution is -0.135. The molecular formula is C25H35N5OS. The van der Waals surface area contributed by atoms with E-state index in [2.05, 4.69) is 20.9 Å². The van der Waals surface area contributed by atoms with Gasteiger partial charge in [0.25, 0.3) is 0 Å². The fourth-order valence-corrected chi connectivity index (χ4v) is 7.26. The number of hydrogen-bond donors (Lipinski definition) is 0. The number of amides is 1. The van der Waals surface area contributed by atoms with Crippen molar-refractivity contribution in [3.63, 3.8) is 0 Å². The van der Waals surface area contributed by atoms with Crippen LogP contribution in [-0.4, -0.2) is 75.9 Å². The summed E-state index contributed by atoms with van der Waals surface area (Å²) in [4.78, 5) is 32.4. The van der Waals surface area contributed by atoms with Crippen LogP contribution in [-0.2, 0) is 17.8 Å². The molecule has 2 aromatic heterocycles. The first-order valence-electron chi connectivity index (χ1n) is 12.8. The molecule has 0 aromatic carbocycles. The third-order valence-electron chi connectivity index (χ3n) is 8.29. The summed E-state index contributed by atoms with van der Waals surface area (Å²) in [6.07, 6.45) is 13.6. The molecule has 0 spiro atoms. The standard InChI is InChI=1S/C25H35N5OS/c31-23(30-13-11-29(12-14-30)19-7-4-8-19)17-28-10-9-20-21-15-26-24(18-5-2-1-3-6-18)27-25(21)32-22(20)16-28/h15,18-19H,1-14,16-17H2. The minimum atomic E-state index is 0.308. The quantitative estimate of drug-likeness (QED) is 0.705. The van der Waals surface area contributed by atoms with E-state index in [1.807, 2.05) is 11.3 Å². The van der Waals surface area contributed by atoms with Crippen LogP contribution in [0.5, 0.6) is 0 Å². The molecule has 6 rings (SSSR count). The van der Waals surface area contributed by atoms with Crippen molar-refractivity contribution in [3.05, 3.63) is 22.5 Å². The Kier molecular flexibility index (Phi) is 5.90. The van der Waals surface area contributed by atoms with Gasteiger partial charge in [-0.25, -0.2) is 9.97 Å². The highest BCUT2D eigenvalue weighted by Crippen LogP contribution is 2.36.